The van der Waals surface area contributed by atoms with Gasteiger partial charge in [0.15, 0.2) is 6.23 Å². The molecule has 8 nitrogen and oxygen atoms in total. The first-order valence-corrected chi connectivity index (χ1v) is 6.24. The predicted octanol–water partition coefficient (Wildman–Crippen LogP) is -0.397. The number of ether oxygens (including phenoxy) is 3. The fourth-order valence-corrected chi connectivity index (χ4v) is 1.77. The molecule has 0 aliphatic carbocycles. The quantitative estimate of drug-likeness (QED) is 0.284. The minimum Gasteiger partial charge on any atom is -0.464 e. The van der Waals surface area contributed by atoms with Crippen molar-refractivity contribution in [3.05, 3.63) is 0 Å². The summed E-state index contributed by atoms with van der Waals surface area (Å²) in [6.45, 7) is 4.41. The zero-order valence-corrected chi connectivity index (χ0v) is 11.6. The standard InChI is InChI=1S/C12H17NO7/c1-4-18-11(16)10(12(17)19-5-2)13-8(15)6-9(13)20-7(3)14/h9-10H,4-6H2,1-3H3. The third-order valence-electron chi connectivity index (χ3n) is 2.55. The summed E-state index contributed by atoms with van der Waals surface area (Å²) in [5.41, 5.74) is 0. The van der Waals surface area contributed by atoms with Gasteiger partial charge in [0.2, 0.25) is 11.9 Å². The van der Waals surface area contributed by atoms with Crippen molar-refractivity contribution in [3.8, 4) is 0 Å². The number of hydrogen-bond donors (Lipinski definition) is 0. The molecule has 0 spiro atoms. The van der Waals surface area contributed by atoms with Crippen LogP contribution in [-0.2, 0) is 33.4 Å². The van der Waals surface area contributed by atoms with Crippen LogP contribution in [0.15, 0.2) is 0 Å². The molecule has 1 saturated heterocycles. The smallest absolute Gasteiger partial charge is 0.340 e. The predicted molar refractivity (Wildman–Crippen MR) is 64.1 cm³/mol. The fourth-order valence-electron chi connectivity index (χ4n) is 1.77. The van der Waals surface area contributed by atoms with Crippen LogP contribution in [0.5, 0.6) is 0 Å². The highest BCUT2D eigenvalue weighted by molar-refractivity contribution is 6.04. The average Bonchev–Trinajstić information content (AvgIpc) is 2.35. The summed E-state index contributed by atoms with van der Waals surface area (Å²) in [6, 6.07) is -1.54. The van der Waals surface area contributed by atoms with Crippen molar-refractivity contribution < 1.29 is 33.4 Å². The number of β-lactam (4-membered cyclic amide) rings is 1. The molecule has 1 unspecified atom stereocenters. The first-order valence-electron chi connectivity index (χ1n) is 6.24. The maximum absolute atomic E-state index is 11.8. The number of rotatable bonds is 6. The van der Waals surface area contributed by atoms with Gasteiger partial charge in [0.05, 0.1) is 19.6 Å². The van der Waals surface area contributed by atoms with E-state index >= 15 is 0 Å². The van der Waals surface area contributed by atoms with E-state index in [2.05, 4.69) is 0 Å². The van der Waals surface area contributed by atoms with Gasteiger partial charge in [-0.25, -0.2) is 9.59 Å². The van der Waals surface area contributed by atoms with E-state index in [0.717, 1.165) is 4.90 Å². The Bertz CT molecular complexity index is 402. The number of hydrogen-bond acceptors (Lipinski definition) is 7. The lowest BCUT2D eigenvalue weighted by molar-refractivity contribution is -0.199. The van der Waals surface area contributed by atoms with E-state index in [4.69, 9.17) is 14.2 Å². The second kappa shape index (κ2) is 6.88. The largest absolute Gasteiger partial charge is 0.464 e. The lowest BCUT2D eigenvalue weighted by Crippen LogP contribution is -2.64. The van der Waals surface area contributed by atoms with Crippen LogP contribution in [0, 0.1) is 0 Å². The Labute approximate surface area is 115 Å². The van der Waals surface area contributed by atoms with Gasteiger partial charge in [-0.2, -0.15) is 0 Å². The lowest BCUT2D eigenvalue weighted by Gasteiger charge is -2.41. The highest BCUT2D eigenvalue weighted by Gasteiger charge is 2.50. The van der Waals surface area contributed by atoms with Gasteiger partial charge in [-0.15, -0.1) is 0 Å². The molecule has 1 aliphatic heterocycles. The number of esters is 3. The molecule has 0 aromatic carbocycles. The van der Waals surface area contributed by atoms with E-state index in [-0.39, 0.29) is 19.6 Å². The maximum atomic E-state index is 11.8. The molecule has 112 valence electrons. The van der Waals surface area contributed by atoms with Crippen molar-refractivity contribution in [3.63, 3.8) is 0 Å². The normalized spacial score (nSPS) is 17.5. The van der Waals surface area contributed by atoms with Crippen molar-refractivity contribution in [2.75, 3.05) is 13.2 Å². The van der Waals surface area contributed by atoms with E-state index in [9.17, 15) is 19.2 Å². The number of amides is 1. The number of nitrogens with zero attached hydrogens (tertiary/aromatic N) is 1. The summed E-state index contributed by atoms with van der Waals surface area (Å²) in [6.07, 6.45) is -1.02. The van der Waals surface area contributed by atoms with Gasteiger partial charge in [0.1, 0.15) is 0 Å². The van der Waals surface area contributed by atoms with Crippen molar-refractivity contribution in [2.45, 2.75) is 39.5 Å². The molecule has 8 heteroatoms. The second-order valence-corrected chi connectivity index (χ2v) is 3.98. The summed E-state index contributed by atoms with van der Waals surface area (Å²) < 4.78 is 14.4. The van der Waals surface area contributed by atoms with Crippen LogP contribution < -0.4 is 0 Å². The molecule has 1 aliphatic rings. The summed E-state index contributed by atoms with van der Waals surface area (Å²) in [5.74, 6) is -2.91. The number of carbonyl (C=O) groups excluding carboxylic acids is 4. The van der Waals surface area contributed by atoms with E-state index in [1.54, 1.807) is 13.8 Å². The second-order valence-electron chi connectivity index (χ2n) is 3.98. The molecule has 20 heavy (non-hydrogen) atoms. The molecule has 0 aromatic heterocycles. The molecule has 0 saturated carbocycles. The third kappa shape index (κ3) is 3.46. The van der Waals surface area contributed by atoms with Crippen LogP contribution >= 0.6 is 0 Å². The molecule has 0 N–H and O–H groups in total. The zero-order chi connectivity index (χ0) is 15.3. The van der Waals surface area contributed by atoms with E-state index < -0.39 is 36.1 Å². The molecule has 1 atom stereocenters. The molecule has 1 rings (SSSR count). The maximum Gasteiger partial charge on any atom is 0.340 e. The Hall–Kier alpha value is -2.12. The van der Waals surface area contributed by atoms with Crippen molar-refractivity contribution in [1.82, 2.24) is 4.90 Å². The lowest BCUT2D eigenvalue weighted by atomic mass is 10.1. The number of likely N-dealkylation sites (tertiary alicyclic amines) is 1. The summed E-state index contributed by atoms with van der Waals surface area (Å²) in [5, 5.41) is 0. The molecule has 1 fully saturated rings. The van der Waals surface area contributed by atoms with E-state index in [1.807, 2.05) is 0 Å². The van der Waals surface area contributed by atoms with Crippen LogP contribution in [0.2, 0.25) is 0 Å². The summed E-state index contributed by atoms with van der Waals surface area (Å²) in [4.78, 5) is 47.0. The van der Waals surface area contributed by atoms with Crippen molar-refractivity contribution in [1.29, 1.82) is 0 Å². The Morgan fingerprint density at radius 1 is 1.20 bits per heavy atom. The van der Waals surface area contributed by atoms with Gasteiger partial charge in [0.25, 0.3) is 0 Å². The molecular formula is C12H17NO7. The topological polar surface area (TPSA) is 99.2 Å². The molecule has 1 heterocycles. The van der Waals surface area contributed by atoms with Crippen LogP contribution in [0.3, 0.4) is 0 Å². The Morgan fingerprint density at radius 3 is 2.05 bits per heavy atom. The zero-order valence-electron chi connectivity index (χ0n) is 11.6. The SMILES string of the molecule is CCOC(=O)C(C(=O)OCC)N1C(=O)CC1OC(C)=O. The Balaban J connectivity index is 2.90. The minimum absolute atomic E-state index is 0.0506. The van der Waals surface area contributed by atoms with Crippen LogP contribution in [-0.4, -0.2) is 54.2 Å². The van der Waals surface area contributed by atoms with Gasteiger partial charge >= 0.3 is 17.9 Å². The first kappa shape index (κ1) is 15.9. The highest BCUT2D eigenvalue weighted by Crippen LogP contribution is 2.25. The molecular weight excluding hydrogens is 270 g/mol. The van der Waals surface area contributed by atoms with E-state index in [0.29, 0.717) is 0 Å². The highest BCUT2D eigenvalue weighted by atomic mass is 16.6. The Morgan fingerprint density at radius 2 is 1.70 bits per heavy atom. The van der Waals surface area contributed by atoms with Gasteiger partial charge in [0, 0.05) is 6.92 Å². The summed E-state index contributed by atoms with van der Waals surface area (Å²) >= 11 is 0. The van der Waals surface area contributed by atoms with Gasteiger partial charge in [-0.05, 0) is 13.8 Å². The molecule has 0 radical (unpaired) electrons. The van der Waals surface area contributed by atoms with Gasteiger partial charge in [-0.3, -0.25) is 14.5 Å². The minimum atomic E-state index is -1.54. The third-order valence-corrected chi connectivity index (χ3v) is 2.55. The van der Waals surface area contributed by atoms with Crippen LogP contribution in [0.25, 0.3) is 0 Å². The van der Waals surface area contributed by atoms with Crippen molar-refractivity contribution in [2.24, 2.45) is 0 Å². The van der Waals surface area contributed by atoms with Crippen molar-refractivity contribution >= 4 is 23.8 Å². The van der Waals surface area contributed by atoms with Gasteiger partial charge < -0.3 is 14.2 Å². The van der Waals surface area contributed by atoms with E-state index in [1.165, 1.54) is 6.92 Å². The number of carbonyl (C=O) groups is 4. The summed E-state index contributed by atoms with van der Waals surface area (Å²) in [7, 11) is 0. The van der Waals surface area contributed by atoms with Gasteiger partial charge in [-0.1, -0.05) is 0 Å². The monoisotopic (exact) mass is 287 g/mol. The van der Waals surface area contributed by atoms with Crippen LogP contribution in [0.1, 0.15) is 27.2 Å². The first-order chi connectivity index (χ1) is 9.42. The Kier molecular flexibility index (Phi) is 5.48. The molecule has 0 aromatic rings. The fraction of sp³-hybridized carbons (Fsp3) is 0.667. The molecule has 1 amide bonds. The molecule has 0 bridgehead atoms. The average molecular weight is 287 g/mol. The van der Waals surface area contributed by atoms with Crippen LogP contribution in [0.4, 0.5) is 0 Å².